The third-order valence-corrected chi connectivity index (χ3v) is 5.46. The lowest BCUT2D eigenvalue weighted by Crippen LogP contribution is -2.24. The largest absolute Gasteiger partial charge is 0.478 e. The van der Waals surface area contributed by atoms with Crippen LogP contribution in [0.5, 0.6) is 0 Å². The standard InChI is InChI=1S/C13H8BrIN2O5/c14-5-3-1-2-4(9(5)15)6-7(12(19)20)10(16)17-11(18)8(6)13(21)22/h1-3H,(H,19,20)(H,21,22)(H3,16,17,18). The van der Waals surface area contributed by atoms with Gasteiger partial charge in [-0.3, -0.25) is 4.79 Å². The average Bonchev–Trinajstić information content (AvgIpc) is 2.39. The van der Waals surface area contributed by atoms with Gasteiger partial charge in [-0.1, -0.05) is 12.1 Å². The molecule has 9 heteroatoms. The fourth-order valence-corrected chi connectivity index (χ4v) is 3.01. The molecule has 1 aromatic carbocycles. The van der Waals surface area contributed by atoms with Gasteiger partial charge in [-0.05, 0) is 50.2 Å². The van der Waals surface area contributed by atoms with E-state index < -0.39 is 34.4 Å². The number of aromatic nitrogens is 1. The van der Waals surface area contributed by atoms with Crippen molar-refractivity contribution in [2.75, 3.05) is 5.73 Å². The van der Waals surface area contributed by atoms with E-state index in [9.17, 15) is 24.6 Å². The summed E-state index contributed by atoms with van der Waals surface area (Å²) in [6, 6.07) is 4.85. The van der Waals surface area contributed by atoms with Crippen LogP contribution < -0.4 is 11.3 Å². The van der Waals surface area contributed by atoms with Crippen molar-refractivity contribution in [2.24, 2.45) is 0 Å². The molecule has 2 rings (SSSR count). The Balaban J connectivity index is 3.06. The van der Waals surface area contributed by atoms with E-state index in [1.165, 1.54) is 6.07 Å². The maximum Gasteiger partial charge on any atom is 0.342 e. The number of benzene rings is 1. The molecule has 1 heterocycles. The van der Waals surface area contributed by atoms with Crippen LogP contribution in [-0.4, -0.2) is 27.1 Å². The quantitative estimate of drug-likeness (QED) is 0.500. The number of nitrogens with one attached hydrogen (secondary N) is 1. The highest BCUT2D eigenvalue weighted by Gasteiger charge is 2.27. The molecule has 0 amide bonds. The molecule has 0 unspecified atom stereocenters. The van der Waals surface area contributed by atoms with Gasteiger partial charge in [0.05, 0.1) is 0 Å². The van der Waals surface area contributed by atoms with Crippen LogP contribution >= 0.6 is 38.5 Å². The van der Waals surface area contributed by atoms with Crippen molar-refractivity contribution in [1.82, 2.24) is 4.98 Å². The van der Waals surface area contributed by atoms with Crippen molar-refractivity contribution in [1.29, 1.82) is 0 Å². The second-order valence-corrected chi connectivity index (χ2v) is 6.14. The zero-order valence-electron chi connectivity index (χ0n) is 10.7. The number of hydrogen-bond acceptors (Lipinski definition) is 4. The SMILES string of the molecule is Nc1[nH]c(=O)c(C(=O)O)c(-c2cccc(Br)c2I)c1C(=O)O. The summed E-state index contributed by atoms with van der Waals surface area (Å²) in [6.07, 6.45) is 0. The predicted octanol–water partition coefficient (Wildman–Crippen LogP) is 2.39. The van der Waals surface area contributed by atoms with Crippen LogP contribution in [0.25, 0.3) is 11.1 Å². The summed E-state index contributed by atoms with van der Waals surface area (Å²) in [4.78, 5) is 36.9. The molecule has 0 radical (unpaired) electrons. The van der Waals surface area contributed by atoms with Gasteiger partial charge < -0.3 is 20.9 Å². The molecule has 0 bridgehead atoms. The van der Waals surface area contributed by atoms with Crippen LogP contribution in [0.3, 0.4) is 0 Å². The van der Waals surface area contributed by atoms with Crippen LogP contribution in [-0.2, 0) is 0 Å². The molecular formula is C13H8BrIN2O5. The third kappa shape index (κ3) is 2.73. The Labute approximate surface area is 145 Å². The number of carbonyl (C=O) groups is 2. The van der Waals surface area contributed by atoms with E-state index in [-0.39, 0.29) is 5.56 Å². The smallest absolute Gasteiger partial charge is 0.342 e. The molecule has 22 heavy (non-hydrogen) atoms. The molecule has 0 saturated heterocycles. The molecule has 1 aromatic heterocycles. The number of halogens is 2. The highest BCUT2D eigenvalue weighted by atomic mass is 127. The van der Waals surface area contributed by atoms with Crippen molar-refractivity contribution >= 4 is 56.3 Å². The molecule has 0 aliphatic carbocycles. The lowest BCUT2D eigenvalue weighted by atomic mass is 9.95. The predicted molar refractivity (Wildman–Crippen MR) is 91.2 cm³/mol. The summed E-state index contributed by atoms with van der Waals surface area (Å²) in [5, 5.41) is 18.7. The minimum atomic E-state index is -1.53. The summed E-state index contributed by atoms with van der Waals surface area (Å²) >= 11 is 5.21. The van der Waals surface area contributed by atoms with E-state index in [4.69, 9.17) is 5.73 Å². The minimum Gasteiger partial charge on any atom is -0.478 e. The number of anilines is 1. The van der Waals surface area contributed by atoms with E-state index in [1.54, 1.807) is 12.1 Å². The number of nitrogen functional groups attached to an aromatic ring is 1. The average molecular weight is 479 g/mol. The molecule has 0 atom stereocenters. The molecule has 0 saturated carbocycles. The highest BCUT2D eigenvalue weighted by Crippen LogP contribution is 2.35. The topological polar surface area (TPSA) is 133 Å². The molecular weight excluding hydrogens is 471 g/mol. The van der Waals surface area contributed by atoms with Gasteiger partial charge in [-0.2, -0.15) is 0 Å². The van der Waals surface area contributed by atoms with Gasteiger partial charge in [0, 0.05) is 13.6 Å². The number of H-pyrrole nitrogens is 1. The third-order valence-electron chi connectivity index (χ3n) is 2.89. The van der Waals surface area contributed by atoms with Crippen LogP contribution in [0, 0.1) is 3.57 Å². The first-order valence-corrected chi connectivity index (χ1v) is 7.59. The van der Waals surface area contributed by atoms with Gasteiger partial charge in [0.15, 0.2) is 0 Å². The van der Waals surface area contributed by atoms with Gasteiger partial charge >= 0.3 is 11.9 Å². The van der Waals surface area contributed by atoms with E-state index >= 15 is 0 Å². The van der Waals surface area contributed by atoms with E-state index in [2.05, 4.69) is 20.9 Å². The molecule has 5 N–H and O–H groups in total. The zero-order valence-corrected chi connectivity index (χ0v) is 14.4. The number of pyridine rings is 1. The fraction of sp³-hybridized carbons (Fsp3) is 0. The minimum absolute atomic E-state index is 0.216. The number of carboxylic acids is 2. The fourth-order valence-electron chi connectivity index (χ4n) is 2.01. The van der Waals surface area contributed by atoms with Crippen LogP contribution in [0.2, 0.25) is 0 Å². The molecule has 0 fully saturated rings. The van der Waals surface area contributed by atoms with Gasteiger partial charge in [0.2, 0.25) is 0 Å². The maximum atomic E-state index is 11.9. The Hall–Kier alpha value is -1.88. The molecule has 0 aliphatic heterocycles. The summed E-state index contributed by atoms with van der Waals surface area (Å²) in [5.41, 5.74) is 3.58. The van der Waals surface area contributed by atoms with Crippen LogP contribution in [0.15, 0.2) is 27.5 Å². The van der Waals surface area contributed by atoms with Crippen molar-refractivity contribution in [3.8, 4) is 11.1 Å². The summed E-state index contributed by atoms with van der Waals surface area (Å²) < 4.78 is 1.20. The Kier molecular flexibility index (Phi) is 4.56. The Morgan fingerprint density at radius 3 is 2.32 bits per heavy atom. The Bertz CT molecular complexity index is 862. The van der Waals surface area contributed by atoms with Crippen molar-refractivity contribution in [3.05, 3.63) is 47.7 Å². The molecule has 2 aromatic rings. The number of aromatic carboxylic acids is 2. The van der Waals surface area contributed by atoms with E-state index in [0.29, 0.717) is 13.6 Å². The maximum absolute atomic E-state index is 11.9. The summed E-state index contributed by atoms with van der Waals surface area (Å²) in [6.45, 7) is 0. The number of rotatable bonds is 3. The normalized spacial score (nSPS) is 10.5. The van der Waals surface area contributed by atoms with Crippen molar-refractivity contribution < 1.29 is 19.8 Å². The summed E-state index contributed by atoms with van der Waals surface area (Å²) in [7, 11) is 0. The van der Waals surface area contributed by atoms with Gasteiger partial charge in [-0.15, -0.1) is 0 Å². The first-order valence-electron chi connectivity index (χ1n) is 5.72. The Morgan fingerprint density at radius 1 is 1.18 bits per heavy atom. The number of carboxylic acid groups (broad SMARTS) is 2. The molecule has 0 aliphatic rings. The monoisotopic (exact) mass is 478 g/mol. The molecule has 114 valence electrons. The van der Waals surface area contributed by atoms with Gasteiger partial charge in [-0.25, -0.2) is 9.59 Å². The van der Waals surface area contributed by atoms with Gasteiger partial charge in [0.1, 0.15) is 16.9 Å². The van der Waals surface area contributed by atoms with E-state index in [0.717, 1.165) is 0 Å². The summed E-state index contributed by atoms with van der Waals surface area (Å²) in [5.74, 6) is -3.36. The number of aromatic amines is 1. The number of hydrogen-bond donors (Lipinski definition) is 4. The first-order chi connectivity index (χ1) is 10.3. The molecule has 7 nitrogen and oxygen atoms in total. The lowest BCUT2D eigenvalue weighted by molar-refractivity contribution is 0.0695. The van der Waals surface area contributed by atoms with Crippen LogP contribution in [0.1, 0.15) is 20.7 Å². The molecule has 0 spiro atoms. The lowest BCUT2D eigenvalue weighted by Gasteiger charge is -2.14. The second-order valence-electron chi connectivity index (χ2n) is 4.20. The highest BCUT2D eigenvalue weighted by molar-refractivity contribution is 14.1. The van der Waals surface area contributed by atoms with E-state index in [1.807, 2.05) is 22.6 Å². The van der Waals surface area contributed by atoms with Crippen LogP contribution in [0.4, 0.5) is 5.82 Å². The van der Waals surface area contributed by atoms with Crippen molar-refractivity contribution in [2.45, 2.75) is 0 Å². The first kappa shape index (κ1) is 16.5. The second kappa shape index (κ2) is 6.08. The zero-order chi connectivity index (χ0) is 16.6. The van der Waals surface area contributed by atoms with Gasteiger partial charge in [0.25, 0.3) is 5.56 Å². The number of nitrogens with two attached hydrogens (primary N) is 1. The van der Waals surface area contributed by atoms with Crippen molar-refractivity contribution in [3.63, 3.8) is 0 Å². The Morgan fingerprint density at radius 2 is 1.77 bits per heavy atom.